The number of aliphatic carboxylic acids is 1. The number of rotatable bonds is 9. The highest BCUT2D eigenvalue weighted by atomic mass is 16.4. The summed E-state index contributed by atoms with van der Waals surface area (Å²) >= 11 is 0. The summed E-state index contributed by atoms with van der Waals surface area (Å²) in [7, 11) is 0. The molecule has 0 unspecified atom stereocenters. The Morgan fingerprint density at radius 1 is 1.21 bits per heavy atom. The fraction of sp³-hybridized carbons (Fsp3) is 0.545. The first-order valence-corrected chi connectivity index (χ1v) is 4.86. The van der Waals surface area contributed by atoms with Gasteiger partial charge in [0.2, 0.25) is 0 Å². The molecule has 0 rings (SSSR count). The monoisotopic (exact) mass is 197 g/mol. The summed E-state index contributed by atoms with van der Waals surface area (Å²) < 4.78 is 0. The van der Waals surface area contributed by atoms with Crippen LogP contribution in [0, 0.1) is 0 Å². The molecule has 0 fully saturated rings. The van der Waals surface area contributed by atoms with Gasteiger partial charge in [0.15, 0.2) is 0 Å². The van der Waals surface area contributed by atoms with Gasteiger partial charge in [-0.05, 0) is 19.4 Å². The summed E-state index contributed by atoms with van der Waals surface area (Å²) in [6.07, 6.45) is 5.60. The van der Waals surface area contributed by atoms with Gasteiger partial charge in [-0.2, -0.15) is 0 Å². The molecule has 0 aromatic carbocycles. The fourth-order valence-electron chi connectivity index (χ4n) is 1.23. The minimum atomic E-state index is -0.719. The van der Waals surface area contributed by atoms with Crippen LogP contribution in [-0.4, -0.2) is 35.6 Å². The van der Waals surface area contributed by atoms with Gasteiger partial charge in [-0.15, -0.1) is 13.2 Å². The molecule has 0 spiro atoms. The number of unbranched alkanes of at least 4 members (excludes halogenated alkanes) is 1. The third kappa shape index (κ3) is 7.55. The number of nitrogens with zero attached hydrogens (tertiary/aromatic N) is 1. The van der Waals surface area contributed by atoms with Crippen LogP contribution in [0.5, 0.6) is 0 Å². The molecule has 14 heavy (non-hydrogen) atoms. The highest BCUT2D eigenvalue weighted by Gasteiger charge is 2.01. The molecule has 0 aliphatic carbocycles. The highest BCUT2D eigenvalue weighted by molar-refractivity contribution is 5.66. The zero-order valence-corrected chi connectivity index (χ0v) is 8.61. The SMILES string of the molecule is C=CCN(CC=C)CCCCC(=O)O. The molecule has 0 radical (unpaired) electrons. The molecule has 0 saturated heterocycles. The van der Waals surface area contributed by atoms with Crippen molar-refractivity contribution in [1.82, 2.24) is 4.90 Å². The lowest BCUT2D eigenvalue weighted by Gasteiger charge is -2.17. The summed E-state index contributed by atoms with van der Waals surface area (Å²) in [6.45, 7) is 9.91. The number of hydrogen-bond donors (Lipinski definition) is 1. The Labute approximate surface area is 85.7 Å². The minimum Gasteiger partial charge on any atom is -0.481 e. The van der Waals surface area contributed by atoms with E-state index in [9.17, 15) is 4.79 Å². The molecule has 80 valence electrons. The zero-order chi connectivity index (χ0) is 10.8. The van der Waals surface area contributed by atoms with Crippen molar-refractivity contribution < 1.29 is 9.90 Å². The van der Waals surface area contributed by atoms with E-state index in [-0.39, 0.29) is 6.42 Å². The Kier molecular flexibility index (Phi) is 7.84. The van der Waals surface area contributed by atoms with Crippen LogP contribution in [0.4, 0.5) is 0 Å². The van der Waals surface area contributed by atoms with Gasteiger partial charge in [0.25, 0.3) is 0 Å². The molecule has 0 saturated carbocycles. The smallest absolute Gasteiger partial charge is 0.303 e. The van der Waals surface area contributed by atoms with Gasteiger partial charge in [-0.25, -0.2) is 0 Å². The second-order valence-corrected chi connectivity index (χ2v) is 3.19. The molecule has 1 N–H and O–H groups in total. The second-order valence-electron chi connectivity index (χ2n) is 3.19. The van der Waals surface area contributed by atoms with E-state index >= 15 is 0 Å². The predicted octanol–water partition coefficient (Wildman–Crippen LogP) is 1.92. The van der Waals surface area contributed by atoms with Crippen molar-refractivity contribution in [2.45, 2.75) is 19.3 Å². The quantitative estimate of drug-likeness (QED) is 0.453. The largest absolute Gasteiger partial charge is 0.481 e. The Morgan fingerprint density at radius 3 is 2.21 bits per heavy atom. The number of carbonyl (C=O) groups is 1. The summed E-state index contributed by atoms with van der Waals surface area (Å²) in [6, 6.07) is 0. The molecule has 3 nitrogen and oxygen atoms in total. The van der Waals surface area contributed by atoms with E-state index in [1.54, 1.807) is 0 Å². The van der Waals surface area contributed by atoms with Crippen LogP contribution in [0.25, 0.3) is 0 Å². The van der Waals surface area contributed by atoms with E-state index in [4.69, 9.17) is 5.11 Å². The van der Waals surface area contributed by atoms with Gasteiger partial charge in [-0.3, -0.25) is 9.69 Å². The van der Waals surface area contributed by atoms with Crippen molar-refractivity contribution in [2.24, 2.45) is 0 Å². The van der Waals surface area contributed by atoms with Crippen LogP contribution in [0.1, 0.15) is 19.3 Å². The van der Waals surface area contributed by atoms with E-state index < -0.39 is 5.97 Å². The Balaban J connectivity index is 3.53. The molecule has 0 bridgehead atoms. The third-order valence-electron chi connectivity index (χ3n) is 1.89. The average Bonchev–Trinajstić information content (AvgIpc) is 2.12. The standard InChI is InChI=1S/C11H19NO2/c1-3-8-12(9-4-2)10-6-5-7-11(13)14/h3-4H,1-2,5-10H2,(H,13,14). The van der Waals surface area contributed by atoms with Crippen molar-refractivity contribution in [3.63, 3.8) is 0 Å². The predicted molar refractivity (Wildman–Crippen MR) is 58.3 cm³/mol. The molecule has 0 aliphatic rings. The zero-order valence-electron chi connectivity index (χ0n) is 8.61. The second kappa shape index (κ2) is 8.51. The van der Waals surface area contributed by atoms with Gasteiger partial charge in [0.05, 0.1) is 0 Å². The first-order chi connectivity index (χ1) is 6.70. The number of carboxylic acid groups (broad SMARTS) is 1. The summed E-state index contributed by atoms with van der Waals surface area (Å²) in [5, 5.41) is 8.44. The lowest BCUT2D eigenvalue weighted by Crippen LogP contribution is -2.25. The molecule has 0 atom stereocenters. The van der Waals surface area contributed by atoms with Crippen LogP contribution in [0.3, 0.4) is 0 Å². The molecular weight excluding hydrogens is 178 g/mol. The van der Waals surface area contributed by atoms with Crippen molar-refractivity contribution in [3.05, 3.63) is 25.3 Å². The maximum atomic E-state index is 10.2. The third-order valence-corrected chi connectivity index (χ3v) is 1.89. The van der Waals surface area contributed by atoms with Crippen LogP contribution in [0.15, 0.2) is 25.3 Å². The Hall–Kier alpha value is -1.09. The molecule has 0 heterocycles. The van der Waals surface area contributed by atoms with E-state index in [0.29, 0.717) is 0 Å². The van der Waals surface area contributed by atoms with E-state index in [1.807, 2.05) is 12.2 Å². The lowest BCUT2D eigenvalue weighted by molar-refractivity contribution is -0.137. The van der Waals surface area contributed by atoms with Gasteiger partial charge < -0.3 is 5.11 Å². The first-order valence-electron chi connectivity index (χ1n) is 4.86. The molecule has 3 heteroatoms. The summed E-state index contributed by atoms with van der Waals surface area (Å²) in [5.41, 5.74) is 0. The normalized spacial score (nSPS) is 10.1. The fourth-order valence-corrected chi connectivity index (χ4v) is 1.23. The topological polar surface area (TPSA) is 40.5 Å². The molecule has 0 aromatic rings. The van der Waals surface area contributed by atoms with Crippen LogP contribution >= 0.6 is 0 Å². The molecule has 0 aliphatic heterocycles. The van der Waals surface area contributed by atoms with Crippen molar-refractivity contribution >= 4 is 5.97 Å². The molecule has 0 amide bonds. The molecular formula is C11H19NO2. The van der Waals surface area contributed by atoms with Gasteiger partial charge in [-0.1, -0.05) is 12.2 Å². The first kappa shape index (κ1) is 12.9. The number of carboxylic acids is 1. The summed E-state index contributed by atoms with van der Waals surface area (Å²) in [5.74, 6) is -0.719. The van der Waals surface area contributed by atoms with Crippen molar-refractivity contribution in [2.75, 3.05) is 19.6 Å². The van der Waals surface area contributed by atoms with Crippen molar-refractivity contribution in [3.8, 4) is 0 Å². The van der Waals surface area contributed by atoms with Gasteiger partial charge in [0.1, 0.15) is 0 Å². The average molecular weight is 197 g/mol. The van der Waals surface area contributed by atoms with Crippen LogP contribution in [-0.2, 0) is 4.79 Å². The Bertz CT molecular complexity index is 180. The number of hydrogen-bond acceptors (Lipinski definition) is 2. The van der Waals surface area contributed by atoms with Crippen molar-refractivity contribution in [1.29, 1.82) is 0 Å². The molecule has 0 aromatic heterocycles. The van der Waals surface area contributed by atoms with Crippen LogP contribution in [0.2, 0.25) is 0 Å². The van der Waals surface area contributed by atoms with E-state index in [2.05, 4.69) is 18.1 Å². The maximum absolute atomic E-state index is 10.2. The lowest BCUT2D eigenvalue weighted by atomic mass is 10.2. The minimum absolute atomic E-state index is 0.260. The summed E-state index contributed by atoms with van der Waals surface area (Å²) in [4.78, 5) is 12.4. The van der Waals surface area contributed by atoms with E-state index in [0.717, 1.165) is 32.5 Å². The highest BCUT2D eigenvalue weighted by Crippen LogP contribution is 1.99. The van der Waals surface area contributed by atoms with Gasteiger partial charge >= 0.3 is 5.97 Å². The van der Waals surface area contributed by atoms with E-state index in [1.165, 1.54) is 0 Å². The van der Waals surface area contributed by atoms with Gasteiger partial charge in [0, 0.05) is 19.5 Å². The maximum Gasteiger partial charge on any atom is 0.303 e. The van der Waals surface area contributed by atoms with Crippen LogP contribution < -0.4 is 0 Å². The Morgan fingerprint density at radius 2 is 1.79 bits per heavy atom.